The number of pyridine rings is 1. The van der Waals surface area contributed by atoms with E-state index in [0.29, 0.717) is 17.4 Å². The standard InChI is InChI=1S/C17H22N4O3/c1-23-16-12(17(22)24-2)8-9-15(20-16)19-13-6-3-4-7-14(13)21-11-5-10-18-21/h5,8-11,13-14H,3-4,6-7H2,1-2H3,(H,19,20). The van der Waals surface area contributed by atoms with Crippen molar-refractivity contribution in [2.24, 2.45) is 0 Å². The second kappa shape index (κ2) is 7.33. The number of aromatic nitrogens is 3. The molecule has 2 aromatic rings. The molecule has 0 spiro atoms. The maximum absolute atomic E-state index is 11.7. The number of carbonyl (C=O) groups is 1. The van der Waals surface area contributed by atoms with E-state index in [1.807, 2.05) is 16.9 Å². The molecular formula is C17H22N4O3. The lowest BCUT2D eigenvalue weighted by atomic mass is 9.90. The van der Waals surface area contributed by atoms with Gasteiger partial charge in [0.05, 0.1) is 20.3 Å². The number of anilines is 1. The van der Waals surface area contributed by atoms with Crippen LogP contribution in [0.5, 0.6) is 5.88 Å². The highest BCUT2D eigenvalue weighted by Gasteiger charge is 2.27. The summed E-state index contributed by atoms with van der Waals surface area (Å²) in [7, 11) is 2.83. The Balaban J connectivity index is 1.80. The van der Waals surface area contributed by atoms with Crippen LogP contribution >= 0.6 is 0 Å². The van der Waals surface area contributed by atoms with Gasteiger partial charge in [0.25, 0.3) is 0 Å². The van der Waals surface area contributed by atoms with Gasteiger partial charge >= 0.3 is 5.97 Å². The molecule has 2 heterocycles. The molecule has 2 aromatic heterocycles. The topological polar surface area (TPSA) is 78.3 Å². The van der Waals surface area contributed by atoms with Crippen LogP contribution in [0.25, 0.3) is 0 Å². The van der Waals surface area contributed by atoms with Crippen molar-refractivity contribution in [1.29, 1.82) is 0 Å². The lowest BCUT2D eigenvalue weighted by molar-refractivity contribution is 0.0596. The zero-order valence-electron chi connectivity index (χ0n) is 13.9. The van der Waals surface area contributed by atoms with Crippen LogP contribution in [-0.4, -0.2) is 41.0 Å². The molecule has 1 aliphatic rings. The predicted molar refractivity (Wildman–Crippen MR) is 89.3 cm³/mol. The van der Waals surface area contributed by atoms with E-state index in [1.165, 1.54) is 27.1 Å². The Morgan fingerprint density at radius 1 is 1.29 bits per heavy atom. The molecule has 1 fully saturated rings. The second-order valence-electron chi connectivity index (χ2n) is 5.83. The van der Waals surface area contributed by atoms with Gasteiger partial charge in [-0.2, -0.15) is 10.1 Å². The van der Waals surface area contributed by atoms with Crippen molar-refractivity contribution in [3.05, 3.63) is 36.2 Å². The van der Waals surface area contributed by atoms with Gasteiger partial charge in [-0.15, -0.1) is 0 Å². The summed E-state index contributed by atoms with van der Waals surface area (Å²) in [5.74, 6) is 0.486. The van der Waals surface area contributed by atoms with E-state index in [9.17, 15) is 4.79 Å². The van der Waals surface area contributed by atoms with Crippen LogP contribution in [0.3, 0.4) is 0 Å². The zero-order valence-corrected chi connectivity index (χ0v) is 13.9. The molecule has 1 aliphatic carbocycles. The lowest BCUT2D eigenvalue weighted by Crippen LogP contribution is -2.34. The third-order valence-corrected chi connectivity index (χ3v) is 4.39. The van der Waals surface area contributed by atoms with Crippen molar-refractivity contribution >= 4 is 11.8 Å². The molecule has 2 unspecified atom stereocenters. The van der Waals surface area contributed by atoms with Crippen LogP contribution in [0.2, 0.25) is 0 Å². The summed E-state index contributed by atoms with van der Waals surface area (Å²) in [5.41, 5.74) is 0.317. The van der Waals surface area contributed by atoms with Gasteiger partial charge in [-0.3, -0.25) is 4.68 Å². The fourth-order valence-electron chi connectivity index (χ4n) is 3.20. The highest BCUT2D eigenvalue weighted by Crippen LogP contribution is 2.31. The predicted octanol–water partition coefficient (Wildman–Crippen LogP) is 2.67. The number of methoxy groups -OCH3 is 2. The quantitative estimate of drug-likeness (QED) is 0.849. The van der Waals surface area contributed by atoms with E-state index in [1.54, 1.807) is 18.3 Å². The molecule has 0 amide bonds. The Kier molecular flexibility index (Phi) is 4.98. The number of nitrogens with zero attached hydrogens (tertiary/aromatic N) is 3. The van der Waals surface area contributed by atoms with Crippen molar-refractivity contribution < 1.29 is 14.3 Å². The fourth-order valence-corrected chi connectivity index (χ4v) is 3.20. The third kappa shape index (κ3) is 3.34. The molecular weight excluding hydrogens is 308 g/mol. The van der Waals surface area contributed by atoms with Crippen molar-refractivity contribution in [2.45, 2.75) is 37.8 Å². The van der Waals surface area contributed by atoms with Gasteiger partial charge in [0.2, 0.25) is 5.88 Å². The van der Waals surface area contributed by atoms with Gasteiger partial charge < -0.3 is 14.8 Å². The van der Waals surface area contributed by atoms with Crippen molar-refractivity contribution in [1.82, 2.24) is 14.8 Å². The number of nitrogens with one attached hydrogen (secondary N) is 1. The second-order valence-corrected chi connectivity index (χ2v) is 5.83. The zero-order chi connectivity index (χ0) is 16.9. The van der Waals surface area contributed by atoms with E-state index < -0.39 is 5.97 Å². The van der Waals surface area contributed by atoms with Crippen LogP contribution in [0.15, 0.2) is 30.6 Å². The van der Waals surface area contributed by atoms with Crippen molar-refractivity contribution in [3.8, 4) is 5.88 Å². The molecule has 24 heavy (non-hydrogen) atoms. The van der Waals surface area contributed by atoms with Gasteiger partial charge in [0, 0.05) is 18.4 Å². The molecule has 7 heteroatoms. The normalized spacial score (nSPS) is 20.4. The highest BCUT2D eigenvalue weighted by atomic mass is 16.5. The summed E-state index contributed by atoms with van der Waals surface area (Å²) in [4.78, 5) is 16.1. The van der Waals surface area contributed by atoms with Crippen LogP contribution in [0.4, 0.5) is 5.82 Å². The molecule has 1 N–H and O–H groups in total. The smallest absolute Gasteiger partial charge is 0.343 e. The molecule has 3 rings (SSSR count). The van der Waals surface area contributed by atoms with Gasteiger partial charge in [0.1, 0.15) is 11.4 Å². The maximum atomic E-state index is 11.7. The minimum absolute atomic E-state index is 0.236. The van der Waals surface area contributed by atoms with E-state index in [0.717, 1.165) is 12.8 Å². The first-order valence-electron chi connectivity index (χ1n) is 8.12. The van der Waals surface area contributed by atoms with Crippen molar-refractivity contribution in [3.63, 3.8) is 0 Å². The highest BCUT2D eigenvalue weighted by molar-refractivity contribution is 5.92. The number of ether oxygens (including phenoxy) is 2. The minimum Gasteiger partial charge on any atom is -0.480 e. The molecule has 1 saturated carbocycles. The molecule has 0 aliphatic heterocycles. The first-order chi connectivity index (χ1) is 11.7. The summed E-state index contributed by atoms with van der Waals surface area (Å²) < 4.78 is 12.0. The number of hydrogen-bond acceptors (Lipinski definition) is 6. The average molecular weight is 330 g/mol. The van der Waals surface area contributed by atoms with Crippen LogP contribution < -0.4 is 10.1 Å². The maximum Gasteiger partial charge on any atom is 0.343 e. The Morgan fingerprint density at radius 3 is 2.83 bits per heavy atom. The summed E-state index contributed by atoms with van der Waals surface area (Å²) in [5, 5.41) is 7.86. The molecule has 7 nitrogen and oxygen atoms in total. The molecule has 128 valence electrons. The van der Waals surface area contributed by atoms with E-state index in [-0.39, 0.29) is 11.9 Å². The average Bonchev–Trinajstić information content (AvgIpc) is 3.16. The van der Waals surface area contributed by atoms with Crippen LogP contribution in [0, 0.1) is 0 Å². The summed E-state index contributed by atoms with van der Waals surface area (Å²) in [6.45, 7) is 0. The van der Waals surface area contributed by atoms with Crippen LogP contribution in [0.1, 0.15) is 42.1 Å². The molecule has 0 radical (unpaired) electrons. The molecule has 0 bridgehead atoms. The Labute approximate surface area is 141 Å². The number of esters is 1. The van der Waals surface area contributed by atoms with Crippen LogP contribution in [-0.2, 0) is 4.74 Å². The molecule has 0 aromatic carbocycles. The van der Waals surface area contributed by atoms with Gasteiger partial charge in [0.15, 0.2) is 0 Å². The number of hydrogen-bond donors (Lipinski definition) is 1. The first kappa shape index (κ1) is 16.3. The Hall–Kier alpha value is -2.57. The summed E-state index contributed by atoms with van der Waals surface area (Å²) in [6.07, 6.45) is 8.30. The van der Waals surface area contributed by atoms with Gasteiger partial charge in [-0.25, -0.2) is 4.79 Å². The number of rotatable bonds is 5. The fraction of sp³-hybridized carbons (Fsp3) is 0.471. The monoisotopic (exact) mass is 330 g/mol. The van der Waals surface area contributed by atoms with Gasteiger partial charge in [-0.05, 0) is 31.0 Å². The summed E-state index contributed by atoms with van der Waals surface area (Å²) in [6, 6.07) is 5.93. The van der Waals surface area contributed by atoms with E-state index in [2.05, 4.69) is 15.4 Å². The SMILES string of the molecule is COC(=O)c1ccc(NC2CCCCC2n2cccn2)nc1OC. The lowest BCUT2D eigenvalue weighted by Gasteiger charge is -2.32. The van der Waals surface area contributed by atoms with E-state index >= 15 is 0 Å². The minimum atomic E-state index is -0.460. The Morgan fingerprint density at radius 2 is 2.12 bits per heavy atom. The van der Waals surface area contributed by atoms with Gasteiger partial charge in [-0.1, -0.05) is 12.8 Å². The van der Waals surface area contributed by atoms with Crippen molar-refractivity contribution in [2.75, 3.05) is 19.5 Å². The third-order valence-electron chi connectivity index (χ3n) is 4.39. The number of carbonyl (C=O) groups excluding carboxylic acids is 1. The summed E-state index contributed by atoms with van der Waals surface area (Å²) >= 11 is 0. The largest absolute Gasteiger partial charge is 0.480 e. The molecule has 0 saturated heterocycles. The van der Waals surface area contributed by atoms with E-state index in [4.69, 9.17) is 9.47 Å². The first-order valence-corrected chi connectivity index (χ1v) is 8.12. The Bertz CT molecular complexity index is 687. The molecule has 2 atom stereocenters.